The summed E-state index contributed by atoms with van der Waals surface area (Å²) in [6.45, 7) is 3.56. The molecule has 118 valence electrons. The average molecular weight is 323 g/mol. The lowest BCUT2D eigenvalue weighted by molar-refractivity contribution is 0.155. The fraction of sp³-hybridized carbons (Fsp3) is 0.375. The minimum Gasteiger partial charge on any atom is -0.380 e. The number of aryl methyl sites for hydroxylation is 1. The third kappa shape index (κ3) is 2.75. The first-order valence-corrected chi connectivity index (χ1v) is 8.18. The molecule has 3 rings (SSSR count). The summed E-state index contributed by atoms with van der Waals surface area (Å²) >= 11 is 1.09. The van der Waals surface area contributed by atoms with Crippen LogP contribution >= 0.6 is 11.3 Å². The number of anilines is 3. The molecule has 0 saturated heterocycles. The zero-order valence-corrected chi connectivity index (χ0v) is 13.4. The molecule has 0 unspecified atom stereocenters. The van der Waals surface area contributed by atoms with Gasteiger partial charge in [0.15, 0.2) is 0 Å². The summed E-state index contributed by atoms with van der Waals surface area (Å²) < 4.78 is 25.3. The zero-order valence-electron chi connectivity index (χ0n) is 12.6. The molecule has 6 heteroatoms. The predicted molar refractivity (Wildman–Crippen MR) is 89.3 cm³/mol. The van der Waals surface area contributed by atoms with Crippen LogP contribution < -0.4 is 15.5 Å². The van der Waals surface area contributed by atoms with E-state index in [1.807, 2.05) is 0 Å². The fourth-order valence-electron chi connectivity index (χ4n) is 2.82. The summed E-state index contributed by atoms with van der Waals surface area (Å²) in [5, 5.41) is 8.39. The third-order valence-corrected chi connectivity index (χ3v) is 4.89. The second-order valence-electron chi connectivity index (χ2n) is 5.38. The second-order valence-corrected chi connectivity index (χ2v) is 6.32. The van der Waals surface area contributed by atoms with E-state index in [1.165, 1.54) is 22.9 Å². The Morgan fingerprint density at radius 1 is 1.41 bits per heavy atom. The van der Waals surface area contributed by atoms with Crippen molar-refractivity contribution in [2.75, 3.05) is 29.2 Å². The minimum atomic E-state index is -2.40. The number of nitrogens with one attached hydrogen (secondary N) is 2. The SMILES string of the molecule is CCc1ccc2c(c1CNc1csc(C(F)F)c1)N(C)CN2. The fourth-order valence-corrected chi connectivity index (χ4v) is 3.53. The third-order valence-electron chi connectivity index (χ3n) is 3.95. The Morgan fingerprint density at radius 3 is 2.91 bits per heavy atom. The monoisotopic (exact) mass is 323 g/mol. The molecule has 0 amide bonds. The lowest BCUT2D eigenvalue weighted by atomic mass is 10.0. The molecule has 0 fully saturated rings. The van der Waals surface area contributed by atoms with Crippen LogP contribution in [0, 0.1) is 0 Å². The van der Waals surface area contributed by atoms with Crippen molar-refractivity contribution in [1.82, 2.24) is 0 Å². The molecule has 2 aromatic rings. The Labute approximate surface area is 133 Å². The maximum absolute atomic E-state index is 12.7. The van der Waals surface area contributed by atoms with Crippen molar-refractivity contribution < 1.29 is 8.78 Å². The first kappa shape index (κ1) is 15.1. The highest BCUT2D eigenvalue weighted by atomic mass is 32.1. The number of halogens is 2. The normalized spacial score (nSPS) is 13.4. The molecule has 22 heavy (non-hydrogen) atoms. The molecule has 0 atom stereocenters. The number of nitrogens with zero attached hydrogens (tertiary/aromatic N) is 1. The van der Waals surface area contributed by atoms with Crippen molar-refractivity contribution >= 4 is 28.4 Å². The topological polar surface area (TPSA) is 27.3 Å². The van der Waals surface area contributed by atoms with Crippen LogP contribution in [0.4, 0.5) is 25.8 Å². The molecule has 2 N–H and O–H groups in total. The van der Waals surface area contributed by atoms with Gasteiger partial charge < -0.3 is 15.5 Å². The summed E-state index contributed by atoms with van der Waals surface area (Å²) in [6, 6.07) is 5.78. The van der Waals surface area contributed by atoms with Gasteiger partial charge in [-0.1, -0.05) is 13.0 Å². The number of hydrogen-bond donors (Lipinski definition) is 2. The number of hydrogen-bond acceptors (Lipinski definition) is 4. The Bertz CT molecular complexity index is 669. The number of alkyl halides is 2. The van der Waals surface area contributed by atoms with E-state index in [0.29, 0.717) is 6.54 Å². The molecule has 0 spiro atoms. The highest BCUT2D eigenvalue weighted by Gasteiger charge is 2.21. The van der Waals surface area contributed by atoms with Crippen LogP contribution in [0.1, 0.15) is 29.4 Å². The van der Waals surface area contributed by atoms with Crippen molar-refractivity contribution in [3.05, 3.63) is 39.6 Å². The molecular weight excluding hydrogens is 304 g/mol. The standard InChI is InChI=1S/C16H19F2N3S/c1-3-10-4-5-13-15(21(2)9-20-13)12(10)7-19-11-6-14(16(17)18)22-8-11/h4-6,8,16,19-20H,3,7,9H2,1-2H3. The van der Waals surface area contributed by atoms with Gasteiger partial charge in [0, 0.05) is 24.7 Å². The second kappa shape index (κ2) is 6.12. The van der Waals surface area contributed by atoms with Crippen molar-refractivity contribution in [1.29, 1.82) is 0 Å². The number of fused-ring (bicyclic) bond motifs is 1. The van der Waals surface area contributed by atoms with E-state index in [2.05, 4.69) is 41.6 Å². The largest absolute Gasteiger partial charge is 0.380 e. The van der Waals surface area contributed by atoms with Crippen LogP contribution in [0.15, 0.2) is 23.6 Å². The van der Waals surface area contributed by atoms with Gasteiger partial charge >= 0.3 is 0 Å². The molecule has 2 heterocycles. The van der Waals surface area contributed by atoms with Crippen molar-refractivity contribution in [3.63, 3.8) is 0 Å². The molecule has 1 aromatic carbocycles. The molecule has 0 aliphatic carbocycles. The van der Waals surface area contributed by atoms with Gasteiger partial charge in [-0.25, -0.2) is 8.78 Å². The van der Waals surface area contributed by atoms with E-state index in [1.54, 1.807) is 5.38 Å². The average Bonchev–Trinajstić information content (AvgIpc) is 3.12. The quantitative estimate of drug-likeness (QED) is 0.836. The maximum atomic E-state index is 12.7. The van der Waals surface area contributed by atoms with Gasteiger partial charge in [0.05, 0.1) is 22.9 Å². The Balaban J connectivity index is 1.83. The van der Waals surface area contributed by atoms with Crippen LogP contribution in [-0.2, 0) is 13.0 Å². The van der Waals surface area contributed by atoms with Crippen LogP contribution in [0.5, 0.6) is 0 Å². The van der Waals surface area contributed by atoms with E-state index in [-0.39, 0.29) is 4.88 Å². The molecule has 0 saturated carbocycles. The molecular formula is C16H19F2N3S. The Morgan fingerprint density at radius 2 is 2.23 bits per heavy atom. The van der Waals surface area contributed by atoms with Gasteiger partial charge in [0.2, 0.25) is 0 Å². The Hall–Kier alpha value is -1.82. The number of thiophene rings is 1. The molecule has 0 radical (unpaired) electrons. The van der Waals surface area contributed by atoms with Crippen LogP contribution in [0.25, 0.3) is 0 Å². The van der Waals surface area contributed by atoms with Crippen molar-refractivity contribution in [2.45, 2.75) is 26.3 Å². The van der Waals surface area contributed by atoms with E-state index in [0.717, 1.165) is 35.8 Å². The summed E-state index contributed by atoms with van der Waals surface area (Å²) in [7, 11) is 2.06. The maximum Gasteiger partial charge on any atom is 0.272 e. The first-order valence-electron chi connectivity index (χ1n) is 7.30. The molecule has 3 nitrogen and oxygen atoms in total. The molecule has 0 bridgehead atoms. The van der Waals surface area contributed by atoms with Gasteiger partial charge in [-0.3, -0.25) is 0 Å². The van der Waals surface area contributed by atoms with Gasteiger partial charge in [-0.2, -0.15) is 0 Å². The minimum absolute atomic E-state index is 0.107. The van der Waals surface area contributed by atoms with E-state index < -0.39 is 6.43 Å². The predicted octanol–water partition coefficient (Wildman–Crippen LogP) is 4.68. The van der Waals surface area contributed by atoms with E-state index in [9.17, 15) is 8.78 Å². The molecule has 1 aromatic heterocycles. The highest BCUT2D eigenvalue weighted by molar-refractivity contribution is 7.10. The zero-order chi connectivity index (χ0) is 15.7. The van der Waals surface area contributed by atoms with Crippen LogP contribution in [-0.4, -0.2) is 13.7 Å². The van der Waals surface area contributed by atoms with Gasteiger partial charge in [-0.15, -0.1) is 11.3 Å². The van der Waals surface area contributed by atoms with Gasteiger partial charge in [-0.05, 0) is 29.7 Å². The summed E-state index contributed by atoms with van der Waals surface area (Å²) in [6.07, 6.45) is -1.45. The number of benzene rings is 1. The smallest absolute Gasteiger partial charge is 0.272 e. The highest BCUT2D eigenvalue weighted by Crippen LogP contribution is 2.37. The van der Waals surface area contributed by atoms with Crippen molar-refractivity contribution in [3.8, 4) is 0 Å². The van der Waals surface area contributed by atoms with Crippen molar-refractivity contribution in [2.24, 2.45) is 0 Å². The van der Waals surface area contributed by atoms with Gasteiger partial charge in [0.1, 0.15) is 0 Å². The summed E-state index contributed by atoms with van der Waals surface area (Å²) in [5.41, 5.74) is 5.61. The van der Waals surface area contributed by atoms with Crippen LogP contribution in [0.2, 0.25) is 0 Å². The van der Waals surface area contributed by atoms with Crippen LogP contribution in [0.3, 0.4) is 0 Å². The van der Waals surface area contributed by atoms with Gasteiger partial charge in [0.25, 0.3) is 6.43 Å². The van der Waals surface area contributed by atoms with E-state index in [4.69, 9.17) is 0 Å². The summed E-state index contributed by atoms with van der Waals surface area (Å²) in [5.74, 6) is 0. The molecule has 1 aliphatic heterocycles. The first-order chi connectivity index (χ1) is 10.6. The Kier molecular flexibility index (Phi) is 4.20. The molecule has 1 aliphatic rings. The lowest BCUT2D eigenvalue weighted by Gasteiger charge is -2.19. The number of rotatable bonds is 5. The lowest BCUT2D eigenvalue weighted by Crippen LogP contribution is -2.18. The van der Waals surface area contributed by atoms with E-state index >= 15 is 0 Å². The summed E-state index contributed by atoms with van der Waals surface area (Å²) in [4.78, 5) is 2.29.